The number of hydrogen-bond donors (Lipinski definition) is 0. The van der Waals surface area contributed by atoms with Crippen molar-refractivity contribution in [3.63, 3.8) is 0 Å². The quantitative estimate of drug-likeness (QED) is 0.224. The molecule has 7 nitrogen and oxygen atoms in total. The lowest BCUT2D eigenvalue weighted by Gasteiger charge is -2.59. The first kappa shape index (κ1) is 22.8. The van der Waals surface area contributed by atoms with Gasteiger partial charge in [-0.05, 0) is 115 Å². The van der Waals surface area contributed by atoms with E-state index in [4.69, 9.17) is 9.47 Å². The highest BCUT2D eigenvalue weighted by Crippen LogP contribution is 2.63. The van der Waals surface area contributed by atoms with Crippen LogP contribution in [-0.2, 0) is 19.6 Å². The van der Waals surface area contributed by atoms with Gasteiger partial charge in [0.05, 0.1) is 15.9 Å². The average Bonchev–Trinajstić information content (AvgIpc) is 2.72. The zero-order valence-electron chi connectivity index (χ0n) is 17.7. The van der Waals surface area contributed by atoms with Crippen molar-refractivity contribution in [2.24, 2.45) is 17.3 Å². The van der Waals surface area contributed by atoms with E-state index in [2.05, 4.69) is 22.6 Å². The second-order valence-electron chi connectivity index (χ2n) is 9.64. The largest absolute Gasteiger partial charge is 0.744 e. The Bertz CT molecular complexity index is 1190. The summed E-state index contributed by atoms with van der Waals surface area (Å²) in [5.74, 6) is 0.0102. The number of carbonyl (C=O) groups excluding carboxylic acids is 2. The molecule has 0 spiro atoms. The molecule has 4 bridgehead atoms. The maximum Gasteiger partial charge on any atom is 0.338 e. The summed E-state index contributed by atoms with van der Waals surface area (Å²) in [6.07, 6.45) is 4.34. The van der Waals surface area contributed by atoms with Crippen molar-refractivity contribution in [3.05, 3.63) is 57.7 Å². The van der Waals surface area contributed by atoms with E-state index in [0.29, 0.717) is 24.8 Å². The normalized spacial score (nSPS) is 30.1. The van der Waals surface area contributed by atoms with E-state index in [1.807, 2.05) is 12.1 Å². The van der Waals surface area contributed by atoms with Gasteiger partial charge in [-0.25, -0.2) is 13.2 Å². The Labute approximate surface area is 205 Å². The van der Waals surface area contributed by atoms with Gasteiger partial charge >= 0.3 is 11.9 Å². The molecule has 4 aliphatic carbocycles. The molecule has 0 N–H and O–H groups in total. The van der Waals surface area contributed by atoms with Gasteiger partial charge in [0.15, 0.2) is 0 Å². The van der Waals surface area contributed by atoms with Crippen molar-refractivity contribution >= 4 is 44.6 Å². The molecule has 0 amide bonds. The van der Waals surface area contributed by atoms with Crippen LogP contribution in [0, 0.1) is 20.8 Å². The average molecular weight is 581 g/mol. The monoisotopic (exact) mass is 581 g/mol. The first-order valence-electron chi connectivity index (χ1n) is 10.8. The minimum atomic E-state index is -4.57. The lowest BCUT2D eigenvalue weighted by molar-refractivity contribution is -0.189. The molecule has 2 unspecified atom stereocenters. The Morgan fingerprint density at radius 1 is 0.939 bits per heavy atom. The molecular formula is C24H22IO7S-. The lowest BCUT2D eigenvalue weighted by Crippen LogP contribution is -2.60. The minimum absolute atomic E-state index is 0.188. The molecule has 0 saturated heterocycles. The van der Waals surface area contributed by atoms with Crippen molar-refractivity contribution in [1.82, 2.24) is 0 Å². The molecule has 4 aliphatic rings. The zero-order valence-corrected chi connectivity index (χ0v) is 20.6. The maximum atomic E-state index is 13.3. The fraction of sp³-hybridized carbons (Fsp3) is 0.417. The topological polar surface area (TPSA) is 110 Å². The van der Waals surface area contributed by atoms with E-state index in [0.717, 1.165) is 35.0 Å². The van der Waals surface area contributed by atoms with Crippen molar-refractivity contribution in [2.75, 3.05) is 0 Å². The third kappa shape index (κ3) is 4.42. The summed E-state index contributed by atoms with van der Waals surface area (Å²) in [7, 11) is -4.57. The number of ether oxygens (including phenoxy) is 2. The molecule has 4 saturated carbocycles. The minimum Gasteiger partial charge on any atom is -0.744 e. The highest BCUT2D eigenvalue weighted by molar-refractivity contribution is 14.1. The van der Waals surface area contributed by atoms with Crippen LogP contribution < -0.4 is 4.74 Å². The number of rotatable bonds is 5. The van der Waals surface area contributed by atoms with Gasteiger partial charge in [0, 0.05) is 9.99 Å². The summed E-state index contributed by atoms with van der Waals surface area (Å²) in [5.41, 5.74) is -0.917. The van der Waals surface area contributed by atoms with Crippen LogP contribution in [-0.4, -0.2) is 30.5 Å². The van der Waals surface area contributed by atoms with Gasteiger partial charge in [0.2, 0.25) is 0 Å². The van der Waals surface area contributed by atoms with Crippen LogP contribution in [0.2, 0.25) is 0 Å². The standard InChI is InChI=1S/C24H23IO7S/c25-18-3-1-17(2-4-18)21(26)32-24-12-15-9-16(13-24)11-23(10-15,14-24)22(27)31-19-5-7-20(8-6-19)33(28,29)30/h1-8,15-16H,9-14H2,(H,28,29,30)/p-1. The molecule has 33 heavy (non-hydrogen) atoms. The molecule has 4 fully saturated rings. The third-order valence-corrected chi connectivity index (χ3v) is 8.72. The lowest BCUT2D eigenvalue weighted by atomic mass is 9.48. The summed E-state index contributed by atoms with van der Waals surface area (Å²) >= 11 is 2.18. The Hall–Kier alpha value is -1.98. The summed E-state index contributed by atoms with van der Waals surface area (Å²) in [6.45, 7) is 0. The van der Waals surface area contributed by atoms with Crippen molar-refractivity contribution in [3.8, 4) is 5.75 Å². The van der Waals surface area contributed by atoms with Gasteiger partial charge in [-0.3, -0.25) is 4.79 Å². The van der Waals surface area contributed by atoms with E-state index in [-0.39, 0.29) is 34.4 Å². The fourth-order valence-corrected chi connectivity index (χ4v) is 7.10. The number of esters is 2. The Kier molecular flexibility index (Phi) is 5.56. The first-order chi connectivity index (χ1) is 15.6. The highest BCUT2D eigenvalue weighted by atomic mass is 127. The first-order valence-corrected chi connectivity index (χ1v) is 13.3. The molecule has 9 heteroatoms. The molecule has 2 atom stereocenters. The smallest absolute Gasteiger partial charge is 0.338 e. The molecule has 0 radical (unpaired) electrons. The van der Waals surface area contributed by atoms with Gasteiger partial charge < -0.3 is 14.0 Å². The highest BCUT2D eigenvalue weighted by Gasteiger charge is 2.63. The molecule has 0 aromatic heterocycles. The SMILES string of the molecule is O=C(OC12CC3CC(C1)CC(C(=O)Oc1ccc(S(=O)(=O)[O-])cc1)(C3)C2)c1ccc(I)cc1. The third-order valence-electron chi connectivity index (χ3n) is 7.15. The summed E-state index contributed by atoms with van der Waals surface area (Å²) < 4.78 is 46.2. The second kappa shape index (κ2) is 8.06. The summed E-state index contributed by atoms with van der Waals surface area (Å²) in [5, 5.41) is 0. The molecule has 174 valence electrons. The van der Waals surface area contributed by atoms with Gasteiger partial charge in [-0.2, -0.15) is 0 Å². The summed E-state index contributed by atoms with van der Waals surface area (Å²) in [4.78, 5) is 25.9. The van der Waals surface area contributed by atoms with Crippen LogP contribution >= 0.6 is 22.6 Å². The Morgan fingerprint density at radius 2 is 1.55 bits per heavy atom. The predicted molar refractivity (Wildman–Crippen MR) is 124 cm³/mol. The molecule has 2 aromatic rings. The zero-order chi connectivity index (χ0) is 23.4. The van der Waals surface area contributed by atoms with Gasteiger partial charge in [0.1, 0.15) is 21.5 Å². The molecular weight excluding hydrogens is 559 g/mol. The van der Waals surface area contributed by atoms with Gasteiger partial charge in [-0.15, -0.1) is 0 Å². The number of benzene rings is 2. The molecule has 2 aromatic carbocycles. The van der Waals surface area contributed by atoms with E-state index >= 15 is 0 Å². The predicted octanol–water partition coefficient (Wildman–Crippen LogP) is 4.30. The Balaban J connectivity index is 1.35. The van der Waals surface area contributed by atoms with E-state index in [1.165, 1.54) is 12.1 Å². The van der Waals surface area contributed by atoms with Crippen molar-refractivity contribution < 1.29 is 32.0 Å². The van der Waals surface area contributed by atoms with E-state index in [9.17, 15) is 22.6 Å². The van der Waals surface area contributed by atoms with Crippen LogP contribution in [0.25, 0.3) is 0 Å². The van der Waals surface area contributed by atoms with Gasteiger partial charge in [0.25, 0.3) is 0 Å². The van der Waals surface area contributed by atoms with E-state index < -0.39 is 21.1 Å². The summed E-state index contributed by atoms with van der Waals surface area (Å²) in [6, 6.07) is 12.1. The molecule has 0 heterocycles. The molecule has 6 rings (SSSR count). The van der Waals surface area contributed by atoms with Crippen LogP contribution in [0.1, 0.15) is 48.9 Å². The van der Waals surface area contributed by atoms with E-state index in [1.54, 1.807) is 12.1 Å². The Morgan fingerprint density at radius 3 is 2.12 bits per heavy atom. The maximum absolute atomic E-state index is 13.3. The fourth-order valence-electron chi connectivity index (χ4n) is 6.27. The van der Waals surface area contributed by atoms with Crippen molar-refractivity contribution in [2.45, 2.75) is 49.0 Å². The van der Waals surface area contributed by atoms with Gasteiger partial charge in [-0.1, -0.05) is 0 Å². The number of carbonyl (C=O) groups is 2. The van der Waals surface area contributed by atoms with Crippen LogP contribution in [0.5, 0.6) is 5.75 Å². The van der Waals surface area contributed by atoms with Crippen molar-refractivity contribution in [1.29, 1.82) is 0 Å². The number of hydrogen-bond acceptors (Lipinski definition) is 7. The van der Waals surface area contributed by atoms with Crippen LogP contribution in [0.3, 0.4) is 0 Å². The number of halogens is 1. The second-order valence-corrected chi connectivity index (χ2v) is 12.3. The van der Waals surface area contributed by atoms with Crippen LogP contribution in [0.15, 0.2) is 53.4 Å². The molecule has 0 aliphatic heterocycles. The van der Waals surface area contributed by atoms with Crippen LogP contribution in [0.4, 0.5) is 0 Å².